The highest BCUT2D eigenvalue weighted by Gasteiger charge is 2.37. The number of para-hydroxylation sites is 5. The molecule has 0 spiro atoms. The Kier molecular flexibility index (Phi) is 5.88. The summed E-state index contributed by atoms with van der Waals surface area (Å²) in [5.74, 6) is 0. The van der Waals surface area contributed by atoms with Crippen LogP contribution in [0.15, 0.2) is 133 Å². The number of fused-ring (bicyclic) bond motifs is 5. The van der Waals surface area contributed by atoms with Crippen molar-refractivity contribution in [2.75, 3.05) is 4.90 Å². The minimum Gasteiger partial charge on any atom is -0.318 e. The minimum absolute atomic E-state index is 0.207. The Morgan fingerprint density at radius 3 is 1.82 bits per heavy atom. The van der Waals surface area contributed by atoms with Crippen LogP contribution in [0.1, 0.15) is 30.5 Å². The van der Waals surface area contributed by atoms with Crippen molar-refractivity contribution >= 4 is 44.6 Å². The first-order valence-electron chi connectivity index (χ1n) is 15.1. The predicted molar refractivity (Wildman–Crippen MR) is 184 cm³/mol. The van der Waals surface area contributed by atoms with Gasteiger partial charge in [0.25, 0.3) is 0 Å². The van der Waals surface area contributed by atoms with Crippen LogP contribution in [0.25, 0.3) is 43.5 Å². The molecule has 0 fully saturated rings. The van der Waals surface area contributed by atoms with Gasteiger partial charge in [-0.05, 0) is 58.7 Å². The largest absolute Gasteiger partial charge is 0.318 e. The first-order chi connectivity index (χ1) is 22.0. The molecule has 45 heavy (non-hydrogen) atoms. The fourth-order valence-corrected chi connectivity index (χ4v) is 7.16. The zero-order valence-electron chi connectivity index (χ0n) is 25.0. The molecule has 4 heteroatoms. The van der Waals surface area contributed by atoms with Gasteiger partial charge in [-0.3, -0.25) is 0 Å². The molecule has 1 aliphatic heterocycles. The van der Waals surface area contributed by atoms with Gasteiger partial charge in [0.05, 0.1) is 45.9 Å². The highest BCUT2D eigenvalue weighted by Crippen LogP contribution is 2.53. The van der Waals surface area contributed by atoms with Crippen LogP contribution >= 0.6 is 0 Å². The van der Waals surface area contributed by atoms with Gasteiger partial charge in [0.1, 0.15) is 6.07 Å². The molecule has 0 N–H and O–H groups in total. The van der Waals surface area contributed by atoms with E-state index in [4.69, 9.17) is 6.57 Å². The fraction of sp³-hybridized carbons (Fsp3) is 0.0732. The summed E-state index contributed by atoms with van der Waals surface area (Å²) in [5.41, 5.74) is 11.1. The number of hydrogen-bond acceptors (Lipinski definition) is 2. The summed E-state index contributed by atoms with van der Waals surface area (Å²) in [7, 11) is 0. The van der Waals surface area contributed by atoms with Crippen LogP contribution in [0.4, 0.5) is 22.7 Å². The topological polar surface area (TPSA) is 36.3 Å². The van der Waals surface area contributed by atoms with Crippen LogP contribution in [0.2, 0.25) is 0 Å². The average molecular weight is 577 g/mol. The molecule has 6 aromatic carbocycles. The first-order valence-corrected chi connectivity index (χ1v) is 15.1. The molecule has 4 nitrogen and oxygen atoms in total. The second-order valence-corrected chi connectivity index (χ2v) is 12.0. The Morgan fingerprint density at radius 2 is 1.22 bits per heavy atom. The Bertz CT molecular complexity index is 2290. The summed E-state index contributed by atoms with van der Waals surface area (Å²) in [4.78, 5) is 6.25. The van der Waals surface area contributed by atoms with E-state index < -0.39 is 0 Å². The van der Waals surface area contributed by atoms with Crippen molar-refractivity contribution in [3.63, 3.8) is 0 Å². The third-order valence-corrected chi connectivity index (χ3v) is 9.25. The maximum absolute atomic E-state index is 10.4. The second-order valence-electron chi connectivity index (χ2n) is 12.0. The molecular formula is C41H28N4. The van der Waals surface area contributed by atoms with E-state index in [0.717, 1.165) is 55.7 Å². The smallest absolute Gasteiger partial charge is 0.211 e. The van der Waals surface area contributed by atoms with Crippen LogP contribution in [0.3, 0.4) is 0 Å². The van der Waals surface area contributed by atoms with Gasteiger partial charge in [-0.15, -0.1) is 0 Å². The zero-order valence-corrected chi connectivity index (χ0v) is 25.0. The van der Waals surface area contributed by atoms with Crippen LogP contribution in [-0.2, 0) is 5.41 Å². The van der Waals surface area contributed by atoms with E-state index in [-0.39, 0.29) is 5.41 Å². The van der Waals surface area contributed by atoms with Crippen LogP contribution in [-0.4, -0.2) is 4.57 Å². The third-order valence-electron chi connectivity index (χ3n) is 9.25. The van der Waals surface area contributed by atoms with Gasteiger partial charge in [-0.1, -0.05) is 111 Å². The monoisotopic (exact) mass is 576 g/mol. The SMILES string of the molecule is [C-]#[N+]c1cccc(-c2ccc(C#N)c(N3c4ccccc4C(C)(C)c4ccccc43)c2)c1-n1c2ccccc2c2ccccc21. The molecule has 0 atom stereocenters. The highest BCUT2D eigenvalue weighted by atomic mass is 15.2. The number of benzene rings is 6. The average Bonchev–Trinajstić information content (AvgIpc) is 3.42. The van der Waals surface area contributed by atoms with Crippen molar-refractivity contribution in [1.29, 1.82) is 5.26 Å². The van der Waals surface area contributed by atoms with E-state index in [1.54, 1.807) is 0 Å². The Balaban J connectivity index is 1.42. The van der Waals surface area contributed by atoms with Gasteiger partial charge < -0.3 is 9.47 Å². The summed E-state index contributed by atoms with van der Waals surface area (Å²) < 4.78 is 2.22. The molecule has 0 saturated carbocycles. The summed E-state index contributed by atoms with van der Waals surface area (Å²) in [6.07, 6.45) is 0. The molecule has 0 bridgehead atoms. The lowest BCUT2D eigenvalue weighted by Crippen LogP contribution is -2.30. The molecule has 212 valence electrons. The summed E-state index contributed by atoms with van der Waals surface area (Å²) in [6.45, 7) is 12.7. The number of nitrogens with zero attached hydrogens (tertiary/aromatic N) is 4. The van der Waals surface area contributed by atoms with Crippen molar-refractivity contribution in [1.82, 2.24) is 4.57 Å². The van der Waals surface area contributed by atoms with E-state index in [1.807, 2.05) is 36.4 Å². The van der Waals surface area contributed by atoms with E-state index in [2.05, 4.69) is 131 Å². The molecule has 8 rings (SSSR count). The number of aromatic nitrogens is 1. The van der Waals surface area contributed by atoms with Crippen molar-refractivity contribution in [2.24, 2.45) is 0 Å². The predicted octanol–water partition coefficient (Wildman–Crippen LogP) is 11.0. The molecule has 0 amide bonds. The Hall–Kier alpha value is -6.10. The van der Waals surface area contributed by atoms with E-state index in [0.29, 0.717) is 11.3 Å². The maximum Gasteiger partial charge on any atom is 0.211 e. The number of anilines is 3. The van der Waals surface area contributed by atoms with Gasteiger partial charge in [0.2, 0.25) is 5.69 Å². The van der Waals surface area contributed by atoms with E-state index in [1.165, 1.54) is 11.1 Å². The quantitative estimate of drug-likeness (QED) is 0.196. The summed E-state index contributed by atoms with van der Waals surface area (Å²) >= 11 is 0. The van der Waals surface area contributed by atoms with Crippen molar-refractivity contribution in [3.05, 3.63) is 162 Å². The fourth-order valence-electron chi connectivity index (χ4n) is 7.16. The summed E-state index contributed by atoms with van der Waals surface area (Å²) in [5, 5.41) is 12.7. The van der Waals surface area contributed by atoms with Crippen LogP contribution in [0.5, 0.6) is 0 Å². The Morgan fingerprint density at radius 1 is 0.644 bits per heavy atom. The van der Waals surface area contributed by atoms with E-state index in [9.17, 15) is 5.26 Å². The van der Waals surface area contributed by atoms with Gasteiger partial charge >= 0.3 is 0 Å². The van der Waals surface area contributed by atoms with Gasteiger partial charge in [0.15, 0.2) is 0 Å². The Labute approximate surface area is 262 Å². The maximum atomic E-state index is 10.4. The highest BCUT2D eigenvalue weighted by molar-refractivity contribution is 6.10. The standard InChI is InChI=1S/C41H28N4/c1-41(2)32-16-6-10-21-37(32)44(38-22-11-7-17-33(38)41)39-25-27(23-24-28(39)26-42)29-15-12-18-34(43-3)40(29)45-35-19-8-4-13-30(35)31-14-5-9-20-36(31)45/h4-25H,1-2H3. The summed E-state index contributed by atoms with van der Waals surface area (Å²) in [6, 6.07) is 48.1. The van der Waals surface area contributed by atoms with Crippen LogP contribution in [0, 0.1) is 17.9 Å². The van der Waals surface area contributed by atoms with Gasteiger partial charge in [0, 0.05) is 16.2 Å². The molecular weight excluding hydrogens is 548 g/mol. The van der Waals surface area contributed by atoms with Crippen LogP contribution < -0.4 is 4.90 Å². The van der Waals surface area contributed by atoms with Gasteiger partial charge in [-0.25, -0.2) is 4.85 Å². The molecule has 0 saturated heterocycles. The molecule has 0 radical (unpaired) electrons. The van der Waals surface area contributed by atoms with Gasteiger partial charge in [-0.2, -0.15) is 5.26 Å². The first kappa shape index (κ1) is 26.5. The normalized spacial score (nSPS) is 13.2. The zero-order chi connectivity index (χ0) is 30.7. The van der Waals surface area contributed by atoms with Crippen molar-refractivity contribution < 1.29 is 0 Å². The number of rotatable bonds is 3. The number of hydrogen-bond donors (Lipinski definition) is 0. The molecule has 0 aliphatic carbocycles. The third kappa shape index (κ3) is 3.83. The second kappa shape index (κ2) is 9.98. The molecule has 2 heterocycles. The molecule has 1 aromatic heterocycles. The lowest BCUT2D eigenvalue weighted by Gasteiger charge is -2.42. The van der Waals surface area contributed by atoms with Crippen molar-refractivity contribution in [2.45, 2.75) is 19.3 Å². The lowest BCUT2D eigenvalue weighted by molar-refractivity contribution is 0.632. The molecule has 0 unspecified atom stereocenters. The lowest BCUT2D eigenvalue weighted by atomic mass is 9.73. The molecule has 7 aromatic rings. The minimum atomic E-state index is -0.207. The van der Waals surface area contributed by atoms with E-state index >= 15 is 0 Å². The molecule has 1 aliphatic rings. The van der Waals surface area contributed by atoms with Crippen molar-refractivity contribution in [3.8, 4) is 22.9 Å². The number of nitriles is 1.